The standard InChI is InChI=1S/C19H36N4O.HI/c1-3-19(11-5-6-12-19)15-23-18(20-4-2)22-14-8-13-21-17(24)16-9-7-10-16;/h16H,3-15H2,1-2H3,(H,21,24)(H2,20,22,23);1H. The molecule has 2 fully saturated rings. The Balaban J connectivity index is 0.00000312. The number of nitrogens with zero attached hydrogens (tertiary/aromatic N) is 1. The van der Waals surface area contributed by atoms with Gasteiger partial charge in [-0.25, -0.2) is 0 Å². The summed E-state index contributed by atoms with van der Waals surface area (Å²) in [5, 5.41) is 9.78. The molecule has 0 aromatic carbocycles. The maximum Gasteiger partial charge on any atom is 0.223 e. The molecular formula is C19H37IN4O. The number of guanidine groups is 1. The van der Waals surface area contributed by atoms with Crippen LogP contribution in [-0.2, 0) is 4.79 Å². The van der Waals surface area contributed by atoms with Crippen LogP contribution in [0.15, 0.2) is 4.99 Å². The zero-order chi connectivity index (χ0) is 17.3. The third-order valence-electron chi connectivity index (χ3n) is 5.75. The van der Waals surface area contributed by atoms with Crippen LogP contribution in [0.5, 0.6) is 0 Å². The van der Waals surface area contributed by atoms with Crippen LogP contribution in [0, 0.1) is 11.3 Å². The molecule has 0 saturated heterocycles. The van der Waals surface area contributed by atoms with Crippen LogP contribution in [0.3, 0.4) is 0 Å². The number of amides is 1. The number of carbonyl (C=O) groups is 1. The fraction of sp³-hybridized carbons (Fsp3) is 0.895. The second kappa shape index (κ2) is 12.0. The highest BCUT2D eigenvalue weighted by Gasteiger charge is 2.31. The lowest BCUT2D eigenvalue weighted by atomic mass is 9.84. The number of rotatable bonds is 9. The van der Waals surface area contributed by atoms with Gasteiger partial charge in [-0.2, -0.15) is 0 Å². The summed E-state index contributed by atoms with van der Waals surface area (Å²) >= 11 is 0. The Hall–Kier alpha value is -0.530. The van der Waals surface area contributed by atoms with Crippen LogP contribution in [0.25, 0.3) is 0 Å². The summed E-state index contributed by atoms with van der Waals surface area (Å²) in [5.41, 5.74) is 0.430. The van der Waals surface area contributed by atoms with E-state index < -0.39 is 0 Å². The molecule has 3 N–H and O–H groups in total. The molecule has 2 saturated carbocycles. The molecule has 0 aromatic rings. The molecule has 6 heteroatoms. The number of aliphatic imine (C=N–C) groups is 1. The molecule has 0 atom stereocenters. The third-order valence-corrected chi connectivity index (χ3v) is 5.75. The van der Waals surface area contributed by atoms with Gasteiger partial charge in [0, 0.05) is 32.1 Å². The van der Waals surface area contributed by atoms with E-state index in [4.69, 9.17) is 4.99 Å². The Labute approximate surface area is 170 Å². The quantitative estimate of drug-likeness (QED) is 0.212. The smallest absolute Gasteiger partial charge is 0.223 e. The number of halogens is 1. The predicted molar refractivity (Wildman–Crippen MR) is 116 cm³/mol. The fourth-order valence-electron chi connectivity index (χ4n) is 3.66. The topological polar surface area (TPSA) is 65.5 Å². The van der Waals surface area contributed by atoms with E-state index in [0.717, 1.165) is 51.4 Å². The highest BCUT2D eigenvalue weighted by Crippen LogP contribution is 2.41. The maximum absolute atomic E-state index is 11.8. The number of carbonyl (C=O) groups excluding carboxylic acids is 1. The first-order valence-corrected chi connectivity index (χ1v) is 9.99. The van der Waals surface area contributed by atoms with E-state index in [1.54, 1.807) is 0 Å². The number of hydrogen-bond acceptors (Lipinski definition) is 2. The van der Waals surface area contributed by atoms with Gasteiger partial charge in [-0.1, -0.05) is 26.2 Å². The molecular weight excluding hydrogens is 427 g/mol. The Morgan fingerprint density at radius 3 is 2.28 bits per heavy atom. The molecule has 0 spiro atoms. The van der Waals surface area contributed by atoms with Crippen LogP contribution < -0.4 is 16.0 Å². The van der Waals surface area contributed by atoms with Crippen molar-refractivity contribution in [3.05, 3.63) is 0 Å². The average Bonchev–Trinajstić information content (AvgIpc) is 3.00. The zero-order valence-electron chi connectivity index (χ0n) is 16.0. The van der Waals surface area contributed by atoms with Gasteiger partial charge in [0.1, 0.15) is 0 Å². The lowest BCUT2D eigenvalue weighted by Crippen LogP contribution is -2.40. The fourth-order valence-corrected chi connectivity index (χ4v) is 3.66. The van der Waals surface area contributed by atoms with Gasteiger partial charge < -0.3 is 16.0 Å². The van der Waals surface area contributed by atoms with Gasteiger partial charge in [-0.3, -0.25) is 9.79 Å². The largest absolute Gasteiger partial charge is 0.357 e. The minimum atomic E-state index is 0. The maximum atomic E-state index is 11.8. The Bertz CT molecular complexity index is 418. The molecule has 0 aromatic heterocycles. The van der Waals surface area contributed by atoms with E-state index >= 15 is 0 Å². The van der Waals surface area contributed by atoms with E-state index in [1.165, 1.54) is 38.5 Å². The van der Waals surface area contributed by atoms with Gasteiger partial charge in [0.15, 0.2) is 5.96 Å². The summed E-state index contributed by atoms with van der Waals surface area (Å²) in [6, 6.07) is 0. The highest BCUT2D eigenvalue weighted by atomic mass is 127. The van der Waals surface area contributed by atoms with Crippen LogP contribution in [-0.4, -0.2) is 38.0 Å². The van der Waals surface area contributed by atoms with Gasteiger partial charge in [-0.15, -0.1) is 24.0 Å². The summed E-state index contributed by atoms with van der Waals surface area (Å²) in [6.07, 6.45) is 10.9. The molecule has 2 rings (SSSR count). The van der Waals surface area contributed by atoms with Crippen molar-refractivity contribution in [2.75, 3.05) is 26.2 Å². The van der Waals surface area contributed by atoms with E-state index in [9.17, 15) is 4.79 Å². The van der Waals surface area contributed by atoms with E-state index in [2.05, 4.69) is 29.8 Å². The Morgan fingerprint density at radius 2 is 1.72 bits per heavy atom. The molecule has 0 unspecified atom stereocenters. The Kier molecular flexibility index (Phi) is 10.8. The molecule has 0 heterocycles. The first-order chi connectivity index (χ1) is 11.7. The third kappa shape index (κ3) is 7.31. The van der Waals surface area contributed by atoms with Gasteiger partial charge in [0.25, 0.3) is 0 Å². The van der Waals surface area contributed by atoms with Gasteiger partial charge in [-0.05, 0) is 50.9 Å². The van der Waals surface area contributed by atoms with Crippen molar-refractivity contribution in [3.8, 4) is 0 Å². The molecule has 0 aliphatic heterocycles. The monoisotopic (exact) mass is 464 g/mol. The highest BCUT2D eigenvalue weighted by molar-refractivity contribution is 14.0. The van der Waals surface area contributed by atoms with Crippen LogP contribution >= 0.6 is 24.0 Å². The molecule has 5 nitrogen and oxygen atoms in total. The van der Waals surface area contributed by atoms with Gasteiger partial charge in [0.2, 0.25) is 5.91 Å². The normalized spacial score (nSPS) is 19.7. The van der Waals surface area contributed by atoms with E-state index in [0.29, 0.717) is 5.41 Å². The second-order valence-electron chi connectivity index (χ2n) is 7.46. The minimum absolute atomic E-state index is 0. The zero-order valence-corrected chi connectivity index (χ0v) is 18.4. The van der Waals surface area contributed by atoms with Crippen LogP contribution in [0.1, 0.15) is 71.6 Å². The molecule has 146 valence electrons. The van der Waals surface area contributed by atoms with Gasteiger partial charge >= 0.3 is 0 Å². The van der Waals surface area contributed by atoms with Crippen molar-refractivity contribution in [1.29, 1.82) is 0 Å². The lowest BCUT2D eigenvalue weighted by molar-refractivity contribution is -0.127. The van der Waals surface area contributed by atoms with Crippen LogP contribution in [0.2, 0.25) is 0 Å². The lowest BCUT2D eigenvalue weighted by Gasteiger charge is -2.25. The van der Waals surface area contributed by atoms with Crippen molar-refractivity contribution < 1.29 is 4.79 Å². The molecule has 1 amide bonds. The average molecular weight is 464 g/mol. The van der Waals surface area contributed by atoms with Crippen molar-refractivity contribution in [3.63, 3.8) is 0 Å². The van der Waals surface area contributed by atoms with Crippen molar-refractivity contribution >= 4 is 35.8 Å². The molecule has 0 radical (unpaired) electrons. The predicted octanol–water partition coefficient (Wildman–Crippen LogP) is 3.44. The summed E-state index contributed by atoms with van der Waals surface area (Å²) in [6.45, 7) is 7.80. The Morgan fingerprint density at radius 1 is 1.04 bits per heavy atom. The summed E-state index contributed by atoms with van der Waals surface area (Å²) in [4.78, 5) is 16.6. The molecule has 0 bridgehead atoms. The first-order valence-electron chi connectivity index (χ1n) is 9.99. The molecule has 2 aliphatic rings. The minimum Gasteiger partial charge on any atom is -0.357 e. The first kappa shape index (κ1) is 22.5. The number of nitrogens with one attached hydrogen (secondary N) is 3. The summed E-state index contributed by atoms with van der Waals surface area (Å²) in [7, 11) is 0. The summed E-state index contributed by atoms with van der Waals surface area (Å²) in [5.74, 6) is 1.45. The second-order valence-corrected chi connectivity index (χ2v) is 7.46. The SMILES string of the molecule is CCNC(=NCC1(CC)CCCC1)NCCCNC(=O)C1CCC1.I. The van der Waals surface area contributed by atoms with Crippen molar-refractivity contribution in [1.82, 2.24) is 16.0 Å². The van der Waals surface area contributed by atoms with Crippen molar-refractivity contribution in [2.45, 2.75) is 71.6 Å². The van der Waals surface area contributed by atoms with Gasteiger partial charge in [0.05, 0.1) is 0 Å². The van der Waals surface area contributed by atoms with E-state index in [-0.39, 0.29) is 35.8 Å². The van der Waals surface area contributed by atoms with Crippen LogP contribution in [0.4, 0.5) is 0 Å². The van der Waals surface area contributed by atoms with E-state index in [1.807, 2.05) is 0 Å². The molecule has 2 aliphatic carbocycles. The number of hydrogen-bond donors (Lipinski definition) is 3. The van der Waals surface area contributed by atoms with Crippen molar-refractivity contribution in [2.24, 2.45) is 16.3 Å². The molecule has 25 heavy (non-hydrogen) atoms. The summed E-state index contributed by atoms with van der Waals surface area (Å²) < 4.78 is 0.